The van der Waals surface area contributed by atoms with Crippen LogP contribution >= 0.6 is 11.6 Å². The minimum Gasteiger partial charge on any atom is -0.495 e. The van der Waals surface area contributed by atoms with Gasteiger partial charge >= 0.3 is 0 Å². The lowest BCUT2D eigenvalue weighted by atomic mass is 9.95. The number of methoxy groups -OCH3 is 1. The Morgan fingerprint density at radius 2 is 2.18 bits per heavy atom. The second-order valence-corrected chi connectivity index (χ2v) is 8.23. The van der Waals surface area contributed by atoms with Crippen molar-refractivity contribution in [3.63, 3.8) is 0 Å². The van der Waals surface area contributed by atoms with Crippen molar-refractivity contribution >= 4 is 21.6 Å². The van der Waals surface area contributed by atoms with E-state index < -0.39 is 10.0 Å². The summed E-state index contributed by atoms with van der Waals surface area (Å²) in [4.78, 5) is 0. The van der Waals surface area contributed by atoms with Crippen molar-refractivity contribution in [2.45, 2.75) is 25.9 Å². The fraction of sp³-hybridized carbons (Fsp3) is 0.600. The van der Waals surface area contributed by atoms with E-state index >= 15 is 0 Å². The molecule has 124 valence electrons. The van der Waals surface area contributed by atoms with Crippen LogP contribution in [0.1, 0.15) is 18.9 Å². The standard InChI is InChI=1S/C15H23ClN2O3S/c1-11-10-18(22(3,19)20)7-6-14(11)17-9-12-4-5-15(21-2)13(16)8-12/h4-5,8,11,14,17H,6-7,9-10H2,1-3H3. The molecule has 2 rings (SSSR count). The van der Waals surface area contributed by atoms with Crippen LogP contribution in [0.3, 0.4) is 0 Å². The highest BCUT2D eigenvalue weighted by Crippen LogP contribution is 2.25. The molecule has 0 bridgehead atoms. The van der Waals surface area contributed by atoms with Crippen LogP contribution in [0.5, 0.6) is 5.75 Å². The van der Waals surface area contributed by atoms with E-state index in [2.05, 4.69) is 12.2 Å². The number of benzene rings is 1. The van der Waals surface area contributed by atoms with Gasteiger partial charge in [-0.2, -0.15) is 0 Å². The van der Waals surface area contributed by atoms with Crippen LogP contribution in [0.25, 0.3) is 0 Å². The van der Waals surface area contributed by atoms with E-state index in [-0.39, 0.29) is 5.92 Å². The SMILES string of the molecule is COc1ccc(CNC2CCN(S(C)(=O)=O)CC2C)cc1Cl. The topological polar surface area (TPSA) is 58.6 Å². The summed E-state index contributed by atoms with van der Waals surface area (Å²) in [5.74, 6) is 0.942. The highest BCUT2D eigenvalue weighted by Gasteiger charge is 2.29. The lowest BCUT2D eigenvalue weighted by Gasteiger charge is -2.36. The van der Waals surface area contributed by atoms with Crippen LogP contribution < -0.4 is 10.1 Å². The molecule has 0 aromatic heterocycles. The molecule has 1 heterocycles. The highest BCUT2D eigenvalue weighted by atomic mass is 35.5. The summed E-state index contributed by atoms with van der Waals surface area (Å²) in [7, 11) is -1.49. The van der Waals surface area contributed by atoms with Crippen LogP contribution in [0.2, 0.25) is 5.02 Å². The minimum atomic E-state index is -3.09. The molecule has 5 nitrogen and oxygen atoms in total. The Hall–Kier alpha value is -0.820. The van der Waals surface area contributed by atoms with E-state index in [0.29, 0.717) is 36.4 Å². The van der Waals surface area contributed by atoms with E-state index in [9.17, 15) is 8.42 Å². The molecule has 0 amide bonds. The van der Waals surface area contributed by atoms with Gasteiger partial charge in [0, 0.05) is 25.7 Å². The van der Waals surface area contributed by atoms with Crippen LogP contribution in [-0.2, 0) is 16.6 Å². The molecule has 1 saturated heterocycles. The first kappa shape index (κ1) is 17.5. The van der Waals surface area contributed by atoms with Crippen molar-refractivity contribution in [1.29, 1.82) is 0 Å². The monoisotopic (exact) mass is 346 g/mol. The van der Waals surface area contributed by atoms with Crippen LogP contribution in [0.4, 0.5) is 0 Å². The Balaban J connectivity index is 1.91. The number of ether oxygens (including phenoxy) is 1. The summed E-state index contributed by atoms with van der Waals surface area (Å²) in [5, 5.41) is 4.10. The molecule has 2 unspecified atom stereocenters. The third-order valence-corrected chi connectivity index (χ3v) is 5.69. The lowest BCUT2D eigenvalue weighted by Crippen LogP contribution is -2.49. The number of rotatable bonds is 5. The molecule has 7 heteroatoms. The van der Waals surface area contributed by atoms with Gasteiger partial charge < -0.3 is 10.1 Å². The fourth-order valence-electron chi connectivity index (χ4n) is 2.78. The number of sulfonamides is 1. The van der Waals surface area contributed by atoms with Gasteiger partial charge in [-0.3, -0.25) is 0 Å². The zero-order valence-electron chi connectivity index (χ0n) is 13.2. The Morgan fingerprint density at radius 3 is 2.73 bits per heavy atom. The van der Waals surface area contributed by atoms with Gasteiger partial charge in [0.1, 0.15) is 5.75 Å². The van der Waals surface area contributed by atoms with Crippen molar-refractivity contribution in [2.24, 2.45) is 5.92 Å². The Kier molecular flexibility index (Phi) is 5.71. The van der Waals surface area contributed by atoms with Crippen molar-refractivity contribution in [2.75, 3.05) is 26.5 Å². The molecule has 22 heavy (non-hydrogen) atoms. The average molecular weight is 347 g/mol. The minimum absolute atomic E-state index is 0.275. The Bertz CT molecular complexity index is 621. The zero-order valence-corrected chi connectivity index (χ0v) is 14.7. The summed E-state index contributed by atoms with van der Waals surface area (Å²) in [5.41, 5.74) is 1.09. The smallest absolute Gasteiger partial charge is 0.211 e. The molecule has 0 aliphatic carbocycles. The Morgan fingerprint density at radius 1 is 1.45 bits per heavy atom. The predicted octanol–water partition coefficient (Wildman–Crippen LogP) is 2.11. The van der Waals surface area contributed by atoms with Crippen molar-refractivity contribution in [3.05, 3.63) is 28.8 Å². The van der Waals surface area contributed by atoms with Gasteiger partial charge in [0.05, 0.1) is 18.4 Å². The molecule has 0 spiro atoms. The first-order chi connectivity index (χ1) is 10.3. The molecule has 0 saturated carbocycles. The largest absolute Gasteiger partial charge is 0.495 e. The molecule has 1 fully saturated rings. The van der Waals surface area contributed by atoms with E-state index in [1.165, 1.54) is 6.26 Å². The Labute approximate surface area is 137 Å². The van der Waals surface area contributed by atoms with Crippen LogP contribution in [0.15, 0.2) is 18.2 Å². The van der Waals surface area contributed by atoms with E-state index in [1.807, 2.05) is 18.2 Å². The number of halogens is 1. The van der Waals surface area contributed by atoms with E-state index in [4.69, 9.17) is 16.3 Å². The molecule has 1 aromatic rings. The van der Waals surface area contributed by atoms with Crippen molar-refractivity contribution in [3.8, 4) is 5.75 Å². The lowest BCUT2D eigenvalue weighted by molar-refractivity contribution is 0.220. The van der Waals surface area contributed by atoms with Crippen molar-refractivity contribution in [1.82, 2.24) is 9.62 Å². The number of piperidine rings is 1. The summed E-state index contributed by atoms with van der Waals surface area (Å²) >= 11 is 6.12. The maximum absolute atomic E-state index is 11.6. The van der Waals surface area contributed by atoms with Gasteiger partial charge in [-0.05, 0) is 30.0 Å². The molecule has 1 N–H and O–H groups in total. The van der Waals surface area contributed by atoms with Crippen LogP contribution in [-0.4, -0.2) is 45.2 Å². The molecule has 1 aliphatic rings. The molecular weight excluding hydrogens is 324 g/mol. The zero-order chi connectivity index (χ0) is 16.3. The molecular formula is C15H23ClN2O3S. The highest BCUT2D eigenvalue weighted by molar-refractivity contribution is 7.88. The summed E-state index contributed by atoms with van der Waals surface area (Å²) in [6.45, 7) is 3.93. The quantitative estimate of drug-likeness (QED) is 0.887. The number of hydrogen-bond acceptors (Lipinski definition) is 4. The van der Waals surface area contributed by atoms with E-state index in [1.54, 1.807) is 11.4 Å². The van der Waals surface area contributed by atoms with Crippen molar-refractivity contribution < 1.29 is 13.2 Å². The predicted molar refractivity (Wildman–Crippen MR) is 88.8 cm³/mol. The molecule has 2 atom stereocenters. The average Bonchev–Trinajstić information content (AvgIpc) is 2.45. The van der Waals surface area contributed by atoms with Crippen LogP contribution in [0, 0.1) is 5.92 Å². The summed E-state index contributed by atoms with van der Waals surface area (Å²) < 4.78 is 29.9. The maximum atomic E-state index is 11.6. The molecule has 0 radical (unpaired) electrons. The second-order valence-electron chi connectivity index (χ2n) is 5.84. The van der Waals surface area contributed by atoms with Gasteiger partial charge in [0.2, 0.25) is 10.0 Å². The normalized spacial score (nSPS) is 23.5. The number of hydrogen-bond donors (Lipinski definition) is 1. The molecule has 1 aromatic carbocycles. The molecule has 1 aliphatic heterocycles. The van der Waals surface area contributed by atoms with Gasteiger partial charge in [-0.15, -0.1) is 0 Å². The summed E-state index contributed by atoms with van der Waals surface area (Å²) in [6, 6.07) is 6.03. The van der Waals surface area contributed by atoms with Gasteiger partial charge in [0.25, 0.3) is 0 Å². The van der Waals surface area contributed by atoms with Gasteiger partial charge in [-0.25, -0.2) is 12.7 Å². The number of nitrogens with one attached hydrogen (secondary N) is 1. The van der Waals surface area contributed by atoms with E-state index in [0.717, 1.165) is 12.0 Å². The fourth-order valence-corrected chi connectivity index (χ4v) is 4.00. The van der Waals surface area contributed by atoms with Gasteiger partial charge in [0.15, 0.2) is 0 Å². The summed E-state index contributed by atoms with van der Waals surface area (Å²) in [6.07, 6.45) is 2.09. The maximum Gasteiger partial charge on any atom is 0.211 e. The first-order valence-electron chi connectivity index (χ1n) is 7.32. The third-order valence-electron chi connectivity index (χ3n) is 4.12. The van der Waals surface area contributed by atoms with Gasteiger partial charge in [-0.1, -0.05) is 24.6 Å². The second kappa shape index (κ2) is 7.17. The number of nitrogens with zero attached hydrogens (tertiary/aromatic N) is 1. The first-order valence-corrected chi connectivity index (χ1v) is 9.55. The third kappa shape index (κ3) is 4.35.